The van der Waals surface area contributed by atoms with Gasteiger partial charge < -0.3 is 26.2 Å². The molecule has 4 aromatic carbocycles. The van der Waals surface area contributed by atoms with Crippen LogP contribution in [0.3, 0.4) is 0 Å². The predicted molar refractivity (Wildman–Crippen MR) is 199 cm³/mol. The zero-order valence-electron chi connectivity index (χ0n) is 28.3. The summed E-state index contributed by atoms with van der Waals surface area (Å²) < 4.78 is 0. The fourth-order valence-electron chi connectivity index (χ4n) is 5.83. The number of piperazine rings is 2. The van der Waals surface area contributed by atoms with E-state index in [2.05, 4.69) is 94.7 Å². The summed E-state index contributed by atoms with van der Waals surface area (Å²) in [5.74, 6) is 0.450. The van der Waals surface area contributed by atoms with Crippen LogP contribution in [0.2, 0.25) is 0 Å². The van der Waals surface area contributed by atoms with E-state index in [1.807, 2.05) is 66.7 Å². The van der Waals surface area contributed by atoms with Crippen molar-refractivity contribution >= 4 is 17.2 Å². The Labute approximate surface area is 280 Å². The van der Waals surface area contributed by atoms with Crippen molar-refractivity contribution in [2.24, 2.45) is 0 Å². The highest BCUT2D eigenvalue weighted by Crippen LogP contribution is 2.28. The molecule has 3 heterocycles. The van der Waals surface area contributed by atoms with Crippen molar-refractivity contribution in [2.45, 2.75) is 27.7 Å². The third-order valence-corrected chi connectivity index (χ3v) is 8.98. The third kappa shape index (κ3) is 9.18. The van der Waals surface area contributed by atoms with Crippen LogP contribution in [0.5, 0.6) is 0 Å². The molecule has 5 aromatic rings. The van der Waals surface area contributed by atoms with Crippen LogP contribution in [0, 0.1) is 27.7 Å². The van der Waals surface area contributed by atoms with E-state index in [1.165, 1.54) is 33.6 Å². The fourth-order valence-corrected chi connectivity index (χ4v) is 5.83. The largest absolute Gasteiger partial charge is 0.382 e. The average Bonchev–Trinajstić information content (AvgIpc) is 3.13. The SMILES string of the molecule is Cc1ccc(N2CCNCC2)cc1C.Cc1cccc(N2CCNCC2)c1C.Nc1nnc(-c2ccccc2)cc1-c1ccccc1. The monoisotopic (exact) mass is 627 g/mol. The van der Waals surface area contributed by atoms with Gasteiger partial charge in [-0.3, -0.25) is 0 Å². The standard InChI is InChI=1S/C16H13N3.2C12H18N2/c17-16-14(12-7-3-1-4-8-12)11-15(18-19-16)13-9-5-2-6-10-13;1-10-3-4-12(9-11(10)2)14-7-5-13-6-8-14;1-10-4-3-5-12(11(10)2)14-8-6-13-7-9-14/h1-11H,(H2,17,19);3-4,9,13H,5-8H2,1-2H3;3-5,13H,6-9H2,1-2H3. The van der Waals surface area contributed by atoms with E-state index in [-0.39, 0.29) is 0 Å². The number of nitrogens with zero attached hydrogens (tertiary/aromatic N) is 4. The van der Waals surface area contributed by atoms with E-state index >= 15 is 0 Å². The molecular formula is C40H49N7. The normalized spacial score (nSPS) is 14.4. The second-order valence-electron chi connectivity index (χ2n) is 12.2. The predicted octanol–water partition coefficient (Wildman–Crippen LogP) is 6.82. The van der Waals surface area contributed by atoms with Gasteiger partial charge in [-0.15, -0.1) is 10.2 Å². The molecule has 0 aliphatic carbocycles. The van der Waals surface area contributed by atoms with Crippen LogP contribution >= 0.6 is 0 Å². The summed E-state index contributed by atoms with van der Waals surface area (Å²) in [6.07, 6.45) is 0. The van der Waals surface area contributed by atoms with E-state index in [4.69, 9.17) is 5.73 Å². The summed E-state index contributed by atoms with van der Waals surface area (Å²) in [7, 11) is 0. The molecular weight excluding hydrogens is 578 g/mol. The van der Waals surface area contributed by atoms with Crippen LogP contribution < -0.4 is 26.2 Å². The second-order valence-corrected chi connectivity index (χ2v) is 12.2. The van der Waals surface area contributed by atoms with E-state index in [1.54, 1.807) is 0 Å². The molecule has 0 atom stereocenters. The van der Waals surface area contributed by atoms with Crippen LogP contribution in [-0.2, 0) is 0 Å². The molecule has 0 radical (unpaired) electrons. The van der Waals surface area contributed by atoms with E-state index in [9.17, 15) is 0 Å². The summed E-state index contributed by atoms with van der Waals surface area (Å²) in [6, 6.07) is 35.2. The number of hydrogen-bond donors (Lipinski definition) is 3. The first-order chi connectivity index (χ1) is 22.9. The first-order valence-corrected chi connectivity index (χ1v) is 16.7. The number of hydrogen-bond acceptors (Lipinski definition) is 7. The Bertz CT molecular complexity index is 1690. The van der Waals surface area contributed by atoms with Crippen molar-refractivity contribution in [2.75, 3.05) is 67.9 Å². The number of nitrogen functional groups attached to an aromatic ring is 1. The molecule has 0 amide bonds. The maximum absolute atomic E-state index is 5.93. The van der Waals surface area contributed by atoms with Gasteiger partial charge >= 0.3 is 0 Å². The van der Waals surface area contributed by atoms with Gasteiger partial charge in [0.25, 0.3) is 0 Å². The lowest BCUT2D eigenvalue weighted by atomic mass is 10.0. The van der Waals surface area contributed by atoms with Crippen molar-refractivity contribution in [1.82, 2.24) is 20.8 Å². The lowest BCUT2D eigenvalue weighted by molar-refractivity contribution is 0.588. The number of benzene rings is 4. The maximum Gasteiger partial charge on any atom is 0.154 e. The summed E-state index contributed by atoms with van der Waals surface area (Å²) >= 11 is 0. The summed E-state index contributed by atoms with van der Waals surface area (Å²) in [5.41, 5.74) is 18.1. The number of nitrogens with two attached hydrogens (primary N) is 1. The molecule has 244 valence electrons. The molecule has 7 heteroatoms. The lowest BCUT2D eigenvalue weighted by Gasteiger charge is -2.31. The molecule has 0 spiro atoms. The van der Waals surface area contributed by atoms with Crippen LogP contribution in [0.4, 0.5) is 17.2 Å². The van der Waals surface area contributed by atoms with E-state index < -0.39 is 0 Å². The highest BCUT2D eigenvalue weighted by atomic mass is 15.2. The zero-order chi connectivity index (χ0) is 33.0. The van der Waals surface area contributed by atoms with Crippen molar-refractivity contribution in [3.8, 4) is 22.4 Å². The smallest absolute Gasteiger partial charge is 0.154 e. The number of nitrogens with one attached hydrogen (secondary N) is 2. The zero-order valence-corrected chi connectivity index (χ0v) is 28.3. The molecule has 0 unspecified atom stereocenters. The van der Waals surface area contributed by atoms with Crippen molar-refractivity contribution in [3.63, 3.8) is 0 Å². The highest BCUT2D eigenvalue weighted by Gasteiger charge is 2.13. The molecule has 0 saturated carbocycles. The van der Waals surface area contributed by atoms with Gasteiger partial charge in [0, 0.05) is 74.9 Å². The number of aromatic nitrogens is 2. The quantitative estimate of drug-likeness (QED) is 0.202. The van der Waals surface area contributed by atoms with E-state index in [0.717, 1.165) is 74.7 Å². The molecule has 2 aliphatic rings. The van der Waals surface area contributed by atoms with Gasteiger partial charge in [-0.2, -0.15) is 0 Å². The first-order valence-electron chi connectivity index (χ1n) is 16.7. The number of aryl methyl sites for hydroxylation is 3. The molecule has 7 nitrogen and oxygen atoms in total. The molecule has 1 aromatic heterocycles. The minimum Gasteiger partial charge on any atom is -0.382 e. The van der Waals surface area contributed by atoms with Crippen LogP contribution in [0.25, 0.3) is 22.4 Å². The Hall–Kier alpha value is -4.72. The van der Waals surface area contributed by atoms with Crippen LogP contribution in [-0.4, -0.2) is 62.6 Å². The van der Waals surface area contributed by atoms with Gasteiger partial charge in [0.05, 0.1) is 5.69 Å². The fraction of sp³-hybridized carbons (Fsp3) is 0.300. The topological polar surface area (TPSA) is 82.3 Å². The van der Waals surface area contributed by atoms with Crippen molar-refractivity contribution in [3.05, 3.63) is 125 Å². The molecule has 0 bridgehead atoms. The summed E-state index contributed by atoms with van der Waals surface area (Å²) in [6.45, 7) is 17.7. The highest BCUT2D eigenvalue weighted by molar-refractivity contribution is 5.77. The van der Waals surface area contributed by atoms with Crippen LogP contribution in [0.1, 0.15) is 22.3 Å². The molecule has 47 heavy (non-hydrogen) atoms. The van der Waals surface area contributed by atoms with Crippen LogP contribution in [0.15, 0.2) is 103 Å². The van der Waals surface area contributed by atoms with Gasteiger partial charge in [0.1, 0.15) is 0 Å². The average molecular weight is 628 g/mol. The van der Waals surface area contributed by atoms with Gasteiger partial charge in [0.15, 0.2) is 5.82 Å². The maximum atomic E-state index is 5.93. The van der Waals surface area contributed by atoms with Crippen molar-refractivity contribution in [1.29, 1.82) is 0 Å². The Morgan fingerprint density at radius 1 is 0.553 bits per heavy atom. The molecule has 2 saturated heterocycles. The Morgan fingerprint density at radius 2 is 1.15 bits per heavy atom. The Kier molecular flexibility index (Phi) is 12.0. The van der Waals surface area contributed by atoms with Crippen molar-refractivity contribution < 1.29 is 0 Å². The number of rotatable bonds is 4. The summed E-state index contributed by atoms with van der Waals surface area (Å²) in [5, 5.41) is 15.0. The van der Waals surface area contributed by atoms with Gasteiger partial charge in [-0.25, -0.2) is 0 Å². The molecule has 2 aliphatic heterocycles. The second kappa shape index (κ2) is 16.7. The van der Waals surface area contributed by atoms with Gasteiger partial charge in [-0.1, -0.05) is 78.9 Å². The first kappa shape index (κ1) is 33.6. The molecule has 7 rings (SSSR count). The van der Waals surface area contributed by atoms with Gasteiger partial charge in [-0.05, 0) is 79.8 Å². The Morgan fingerprint density at radius 3 is 1.77 bits per heavy atom. The lowest BCUT2D eigenvalue weighted by Crippen LogP contribution is -2.43. The minimum absolute atomic E-state index is 0.450. The molecule has 4 N–H and O–H groups in total. The summed E-state index contributed by atoms with van der Waals surface area (Å²) in [4.78, 5) is 4.92. The van der Waals surface area contributed by atoms with E-state index in [0.29, 0.717) is 5.82 Å². The number of anilines is 3. The van der Waals surface area contributed by atoms with Gasteiger partial charge in [0.2, 0.25) is 0 Å². The third-order valence-electron chi connectivity index (χ3n) is 8.98. The Balaban J connectivity index is 0.000000141. The minimum atomic E-state index is 0.450. The molecule has 2 fully saturated rings.